The zero-order valence-electron chi connectivity index (χ0n) is 11.6. The molecule has 0 fully saturated rings. The maximum absolute atomic E-state index is 11.6. The van der Waals surface area contributed by atoms with Crippen LogP contribution in [0.1, 0.15) is 23.7 Å². The Morgan fingerprint density at radius 3 is 2.84 bits per heavy atom. The lowest BCUT2D eigenvalue weighted by molar-refractivity contribution is -0.144. The maximum atomic E-state index is 11.6. The van der Waals surface area contributed by atoms with E-state index < -0.39 is 6.04 Å². The van der Waals surface area contributed by atoms with Crippen molar-refractivity contribution in [2.75, 3.05) is 6.61 Å². The maximum Gasteiger partial charge on any atom is 0.323 e. The highest BCUT2D eigenvalue weighted by Gasteiger charge is 2.18. The van der Waals surface area contributed by atoms with Gasteiger partial charge in [0.1, 0.15) is 6.04 Å². The van der Waals surface area contributed by atoms with Gasteiger partial charge in [-0.15, -0.1) is 0 Å². The summed E-state index contributed by atoms with van der Waals surface area (Å²) in [4.78, 5) is 14.9. The van der Waals surface area contributed by atoms with Crippen LogP contribution in [0.15, 0.2) is 18.2 Å². The minimum atomic E-state index is -0.613. The van der Waals surface area contributed by atoms with Gasteiger partial charge in [-0.05, 0) is 38.5 Å². The van der Waals surface area contributed by atoms with Crippen molar-refractivity contribution in [1.29, 1.82) is 0 Å². The minimum Gasteiger partial charge on any atom is -0.465 e. The number of benzene rings is 1. The van der Waals surface area contributed by atoms with Gasteiger partial charge in [0.05, 0.1) is 6.61 Å². The number of carbonyl (C=O) groups is 1. The number of fused-ring (bicyclic) bond motifs is 1. The van der Waals surface area contributed by atoms with Crippen molar-refractivity contribution in [1.82, 2.24) is 4.98 Å². The number of nitrogens with one attached hydrogen (secondary N) is 1. The summed E-state index contributed by atoms with van der Waals surface area (Å²) in [7, 11) is 0. The lowest BCUT2D eigenvalue weighted by Crippen LogP contribution is -2.34. The Labute approximate surface area is 112 Å². The van der Waals surface area contributed by atoms with E-state index in [0.717, 1.165) is 22.2 Å². The number of hydrogen-bond acceptors (Lipinski definition) is 3. The normalized spacial score (nSPS) is 12.6. The first-order valence-electron chi connectivity index (χ1n) is 6.53. The number of rotatable bonds is 4. The summed E-state index contributed by atoms with van der Waals surface area (Å²) in [6, 6.07) is 5.62. The Morgan fingerprint density at radius 2 is 2.16 bits per heavy atom. The van der Waals surface area contributed by atoms with Crippen LogP contribution in [0.5, 0.6) is 0 Å². The quantitative estimate of drug-likeness (QED) is 0.828. The number of esters is 1. The van der Waals surface area contributed by atoms with Gasteiger partial charge in [0.25, 0.3) is 0 Å². The number of nitrogens with two attached hydrogens (primary N) is 1. The van der Waals surface area contributed by atoms with E-state index in [2.05, 4.69) is 30.1 Å². The summed E-state index contributed by atoms with van der Waals surface area (Å²) in [5.74, 6) is -0.344. The van der Waals surface area contributed by atoms with Crippen LogP contribution in [0.25, 0.3) is 10.9 Å². The van der Waals surface area contributed by atoms with Gasteiger partial charge in [0.2, 0.25) is 0 Å². The first-order chi connectivity index (χ1) is 9.02. The van der Waals surface area contributed by atoms with E-state index in [1.807, 2.05) is 6.92 Å². The summed E-state index contributed by atoms with van der Waals surface area (Å²) < 4.78 is 4.95. The van der Waals surface area contributed by atoms with Crippen molar-refractivity contribution in [2.24, 2.45) is 5.73 Å². The molecule has 4 heteroatoms. The van der Waals surface area contributed by atoms with Gasteiger partial charge >= 0.3 is 5.97 Å². The van der Waals surface area contributed by atoms with Gasteiger partial charge in [-0.1, -0.05) is 11.6 Å². The second kappa shape index (κ2) is 5.45. The monoisotopic (exact) mass is 260 g/mol. The molecule has 0 aliphatic rings. The van der Waals surface area contributed by atoms with E-state index in [9.17, 15) is 4.79 Å². The molecule has 1 unspecified atom stereocenters. The second-order valence-electron chi connectivity index (χ2n) is 4.84. The summed E-state index contributed by atoms with van der Waals surface area (Å²) in [5, 5.41) is 1.14. The molecule has 2 rings (SSSR count). The van der Waals surface area contributed by atoms with Crippen molar-refractivity contribution in [2.45, 2.75) is 33.2 Å². The molecule has 0 radical (unpaired) electrons. The molecule has 1 atom stereocenters. The van der Waals surface area contributed by atoms with Crippen molar-refractivity contribution >= 4 is 16.9 Å². The SMILES string of the molecule is CCOC(=O)C(N)Cc1c(C)[nH]c2ccc(C)cc12. The zero-order chi connectivity index (χ0) is 14.0. The van der Waals surface area contributed by atoms with E-state index in [1.54, 1.807) is 6.92 Å². The van der Waals surface area contributed by atoms with Crippen LogP contribution in [0.2, 0.25) is 0 Å². The molecular weight excluding hydrogens is 240 g/mol. The van der Waals surface area contributed by atoms with Crippen molar-refractivity contribution in [3.8, 4) is 0 Å². The standard InChI is InChI=1S/C15H20N2O2/c1-4-19-15(18)13(16)8-11-10(3)17-14-6-5-9(2)7-12(11)14/h5-7,13,17H,4,8,16H2,1-3H3. The van der Waals surface area contributed by atoms with Crippen molar-refractivity contribution in [3.63, 3.8) is 0 Å². The van der Waals surface area contributed by atoms with Gasteiger partial charge in [-0.3, -0.25) is 4.79 Å². The van der Waals surface area contributed by atoms with E-state index in [4.69, 9.17) is 10.5 Å². The molecule has 0 bridgehead atoms. The highest BCUT2D eigenvalue weighted by Crippen LogP contribution is 2.24. The Bertz CT molecular complexity index is 601. The topological polar surface area (TPSA) is 68.1 Å². The van der Waals surface area contributed by atoms with Crippen LogP contribution in [-0.4, -0.2) is 23.6 Å². The fourth-order valence-corrected chi connectivity index (χ4v) is 2.31. The molecule has 1 heterocycles. The van der Waals surface area contributed by atoms with Crippen LogP contribution < -0.4 is 5.73 Å². The number of carbonyl (C=O) groups excluding carboxylic acids is 1. The Balaban J connectivity index is 2.31. The lowest BCUT2D eigenvalue weighted by Gasteiger charge is -2.10. The number of aryl methyl sites for hydroxylation is 2. The van der Waals surface area contributed by atoms with Crippen molar-refractivity contribution in [3.05, 3.63) is 35.0 Å². The third-order valence-electron chi connectivity index (χ3n) is 3.29. The van der Waals surface area contributed by atoms with E-state index in [-0.39, 0.29) is 5.97 Å². The molecule has 2 aromatic rings. The lowest BCUT2D eigenvalue weighted by atomic mass is 10.0. The molecule has 0 spiro atoms. The second-order valence-corrected chi connectivity index (χ2v) is 4.84. The zero-order valence-corrected chi connectivity index (χ0v) is 11.6. The number of aromatic nitrogens is 1. The van der Waals surface area contributed by atoms with Gasteiger partial charge in [-0.2, -0.15) is 0 Å². The average Bonchev–Trinajstić information content (AvgIpc) is 2.66. The molecule has 0 aliphatic carbocycles. The summed E-state index contributed by atoms with van der Waals surface area (Å²) >= 11 is 0. The van der Waals surface area contributed by atoms with Gasteiger partial charge < -0.3 is 15.5 Å². The van der Waals surface area contributed by atoms with Crippen LogP contribution in [0.4, 0.5) is 0 Å². The number of hydrogen-bond donors (Lipinski definition) is 2. The largest absolute Gasteiger partial charge is 0.465 e. The number of aromatic amines is 1. The third kappa shape index (κ3) is 2.79. The summed E-state index contributed by atoms with van der Waals surface area (Å²) in [6.45, 7) is 6.20. The summed E-state index contributed by atoms with van der Waals surface area (Å²) in [6.07, 6.45) is 0.494. The fourth-order valence-electron chi connectivity index (χ4n) is 2.31. The van der Waals surface area contributed by atoms with Gasteiger partial charge in [0.15, 0.2) is 0 Å². The smallest absolute Gasteiger partial charge is 0.323 e. The van der Waals surface area contributed by atoms with Crippen LogP contribution in [0.3, 0.4) is 0 Å². The molecule has 0 saturated carbocycles. The van der Waals surface area contributed by atoms with E-state index >= 15 is 0 Å². The Hall–Kier alpha value is -1.81. The first kappa shape index (κ1) is 13.6. The fraction of sp³-hybridized carbons (Fsp3) is 0.400. The van der Waals surface area contributed by atoms with Crippen LogP contribution in [-0.2, 0) is 16.0 Å². The van der Waals surface area contributed by atoms with E-state index in [0.29, 0.717) is 13.0 Å². The first-order valence-corrected chi connectivity index (χ1v) is 6.53. The molecule has 1 aromatic heterocycles. The average molecular weight is 260 g/mol. The van der Waals surface area contributed by atoms with Crippen LogP contribution in [0, 0.1) is 13.8 Å². The number of H-pyrrole nitrogens is 1. The molecule has 3 N–H and O–H groups in total. The summed E-state index contributed by atoms with van der Waals surface area (Å²) in [5.41, 5.74) is 10.3. The predicted molar refractivity (Wildman–Crippen MR) is 76.1 cm³/mol. The van der Waals surface area contributed by atoms with Crippen molar-refractivity contribution < 1.29 is 9.53 Å². The molecule has 1 aromatic carbocycles. The van der Waals surface area contributed by atoms with Crippen LogP contribution >= 0.6 is 0 Å². The van der Waals surface area contributed by atoms with E-state index in [1.165, 1.54) is 5.56 Å². The molecular formula is C15H20N2O2. The third-order valence-corrected chi connectivity index (χ3v) is 3.29. The predicted octanol–water partition coefficient (Wildman–Crippen LogP) is 2.22. The van der Waals surface area contributed by atoms with Gasteiger partial charge in [-0.25, -0.2) is 0 Å². The highest BCUT2D eigenvalue weighted by molar-refractivity contribution is 5.86. The molecule has 0 aliphatic heterocycles. The molecule has 102 valence electrons. The minimum absolute atomic E-state index is 0.344. The Kier molecular flexibility index (Phi) is 3.90. The molecule has 0 amide bonds. The molecule has 19 heavy (non-hydrogen) atoms. The number of ether oxygens (including phenoxy) is 1. The highest BCUT2D eigenvalue weighted by atomic mass is 16.5. The molecule has 0 saturated heterocycles. The molecule has 4 nitrogen and oxygen atoms in total. The van der Waals surface area contributed by atoms with Gasteiger partial charge in [0, 0.05) is 23.0 Å². The Morgan fingerprint density at radius 1 is 1.42 bits per heavy atom.